The molecule has 0 aromatic heterocycles. The number of nitrogens with two attached hydrogens (primary N) is 1. The highest BCUT2D eigenvalue weighted by atomic mass is 16.5. The molecule has 0 saturated carbocycles. The largest absolute Gasteiger partial charge is 0.385 e. The van der Waals surface area contributed by atoms with E-state index in [9.17, 15) is 0 Å². The third-order valence-corrected chi connectivity index (χ3v) is 3.05. The molecule has 0 saturated heterocycles. The Kier molecular flexibility index (Phi) is 7.15. The third kappa shape index (κ3) is 4.40. The molecule has 14 heavy (non-hydrogen) atoms. The van der Waals surface area contributed by atoms with Gasteiger partial charge >= 0.3 is 0 Å². The summed E-state index contributed by atoms with van der Waals surface area (Å²) in [5.74, 6) is 0. The molecule has 0 fully saturated rings. The maximum atomic E-state index is 5.82. The zero-order valence-corrected chi connectivity index (χ0v) is 10.2. The molecule has 0 aromatic rings. The van der Waals surface area contributed by atoms with Crippen LogP contribution in [0, 0.1) is 0 Å². The van der Waals surface area contributed by atoms with Crippen LogP contribution in [-0.2, 0) is 4.74 Å². The summed E-state index contributed by atoms with van der Waals surface area (Å²) in [7, 11) is 3.89. The topological polar surface area (TPSA) is 38.5 Å². The molecule has 1 atom stereocenters. The number of methoxy groups -OCH3 is 1. The highest BCUT2D eigenvalue weighted by molar-refractivity contribution is 4.85. The molecule has 0 heterocycles. The van der Waals surface area contributed by atoms with Crippen molar-refractivity contribution < 1.29 is 4.74 Å². The first-order valence-electron chi connectivity index (χ1n) is 5.51. The Morgan fingerprint density at radius 3 is 2.50 bits per heavy atom. The molecule has 1 unspecified atom stereocenters. The quantitative estimate of drug-likeness (QED) is 0.648. The van der Waals surface area contributed by atoms with Crippen molar-refractivity contribution in [2.24, 2.45) is 5.73 Å². The second-order valence-corrected chi connectivity index (χ2v) is 4.22. The molecular formula is C11H26N2O. The van der Waals surface area contributed by atoms with Crippen LogP contribution in [0.5, 0.6) is 0 Å². The summed E-state index contributed by atoms with van der Waals surface area (Å²) in [5, 5.41) is 0. The van der Waals surface area contributed by atoms with Crippen LogP contribution in [-0.4, -0.2) is 44.3 Å². The minimum absolute atomic E-state index is 0.0885. The van der Waals surface area contributed by atoms with Gasteiger partial charge in [0.1, 0.15) is 0 Å². The minimum atomic E-state index is 0.0885. The molecule has 0 amide bonds. The van der Waals surface area contributed by atoms with Gasteiger partial charge in [0.2, 0.25) is 0 Å². The van der Waals surface area contributed by atoms with Crippen molar-refractivity contribution in [1.82, 2.24) is 4.90 Å². The lowest BCUT2D eigenvalue weighted by molar-refractivity contribution is 0.0881. The van der Waals surface area contributed by atoms with Crippen molar-refractivity contribution in [1.29, 1.82) is 0 Å². The molecule has 0 aliphatic carbocycles. The summed E-state index contributed by atoms with van der Waals surface area (Å²) < 4.78 is 5.11. The molecule has 86 valence electrons. The van der Waals surface area contributed by atoms with Gasteiger partial charge in [0, 0.05) is 25.8 Å². The van der Waals surface area contributed by atoms with Crippen LogP contribution in [0.4, 0.5) is 0 Å². The van der Waals surface area contributed by atoms with Crippen LogP contribution in [0.25, 0.3) is 0 Å². The SMILES string of the molecule is CCCCN(C)C(C)(CN)CCOC. The normalized spacial score (nSPS) is 15.9. The van der Waals surface area contributed by atoms with Gasteiger partial charge in [0.25, 0.3) is 0 Å². The average Bonchev–Trinajstić information content (AvgIpc) is 2.22. The molecule has 0 aliphatic rings. The van der Waals surface area contributed by atoms with Gasteiger partial charge in [-0.3, -0.25) is 4.90 Å². The van der Waals surface area contributed by atoms with Gasteiger partial charge in [-0.25, -0.2) is 0 Å². The van der Waals surface area contributed by atoms with Crippen molar-refractivity contribution >= 4 is 0 Å². The predicted molar refractivity (Wildman–Crippen MR) is 61.5 cm³/mol. The second kappa shape index (κ2) is 7.21. The number of ether oxygens (including phenoxy) is 1. The van der Waals surface area contributed by atoms with Gasteiger partial charge in [0.05, 0.1) is 0 Å². The Morgan fingerprint density at radius 2 is 2.07 bits per heavy atom. The fourth-order valence-corrected chi connectivity index (χ4v) is 1.44. The van der Waals surface area contributed by atoms with Crippen molar-refractivity contribution in [3.63, 3.8) is 0 Å². The molecule has 2 N–H and O–H groups in total. The monoisotopic (exact) mass is 202 g/mol. The highest BCUT2D eigenvalue weighted by Gasteiger charge is 2.26. The molecule has 0 radical (unpaired) electrons. The van der Waals surface area contributed by atoms with E-state index >= 15 is 0 Å². The summed E-state index contributed by atoms with van der Waals surface area (Å²) in [6.45, 7) is 7.01. The van der Waals surface area contributed by atoms with Crippen LogP contribution in [0.1, 0.15) is 33.1 Å². The molecule has 0 aromatic carbocycles. The van der Waals surface area contributed by atoms with Crippen LogP contribution in [0.15, 0.2) is 0 Å². The fourth-order valence-electron chi connectivity index (χ4n) is 1.44. The van der Waals surface area contributed by atoms with Crippen LogP contribution < -0.4 is 5.73 Å². The number of nitrogens with zero attached hydrogens (tertiary/aromatic N) is 1. The molecule has 0 rings (SSSR count). The van der Waals surface area contributed by atoms with Crippen LogP contribution >= 0.6 is 0 Å². The summed E-state index contributed by atoms with van der Waals surface area (Å²) in [5.41, 5.74) is 5.91. The Morgan fingerprint density at radius 1 is 1.43 bits per heavy atom. The van der Waals surface area contributed by atoms with Crippen molar-refractivity contribution in [3.05, 3.63) is 0 Å². The van der Waals surface area contributed by atoms with Gasteiger partial charge in [-0.1, -0.05) is 13.3 Å². The Hall–Kier alpha value is -0.120. The van der Waals surface area contributed by atoms with Gasteiger partial charge in [0.15, 0.2) is 0 Å². The zero-order chi connectivity index (χ0) is 11.0. The van der Waals surface area contributed by atoms with E-state index in [-0.39, 0.29) is 5.54 Å². The Bertz CT molecular complexity index is 141. The maximum absolute atomic E-state index is 5.82. The first-order valence-corrected chi connectivity index (χ1v) is 5.51. The van der Waals surface area contributed by atoms with E-state index in [1.807, 2.05) is 0 Å². The van der Waals surface area contributed by atoms with Crippen molar-refractivity contribution in [3.8, 4) is 0 Å². The van der Waals surface area contributed by atoms with Crippen LogP contribution in [0.3, 0.4) is 0 Å². The summed E-state index contributed by atoms with van der Waals surface area (Å²) in [4.78, 5) is 2.36. The smallest absolute Gasteiger partial charge is 0.0480 e. The average molecular weight is 202 g/mol. The lowest BCUT2D eigenvalue weighted by atomic mass is 9.96. The standard InChI is InChI=1S/C11H26N2O/c1-5-6-8-13(3)11(2,10-12)7-9-14-4/h5-10,12H2,1-4H3. The van der Waals surface area contributed by atoms with E-state index in [4.69, 9.17) is 10.5 Å². The molecule has 3 nitrogen and oxygen atoms in total. The fraction of sp³-hybridized carbons (Fsp3) is 1.00. The van der Waals surface area contributed by atoms with E-state index in [0.29, 0.717) is 6.54 Å². The Balaban J connectivity index is 4.05. The van der Waals surface area contributed by atoms with E-state index < -0.39 is 0 Å². The molecular weight excluding hydrogens is 176 g/mol. The predicted octanol–water partition coefficient (Wildman–Crippen LogP) is 1.47. The summed E-state index contributed by atoms with van der Waals surface area (Å²) >= 11 is 0. The van der Waals surface area contributed by atoms with Gasteiger partial charge in [-0.05, 0) is 33.4 Å². The Labute approximate surface area is 88.6 Å². The molecule has 0 spiro atoms. The lowest BCUT2D eigenvalue weighted by Gasteiger charge is -2.38. The molecule has 0 aliphatic heterocycles. The van der Waals surface area contributed by atoms with Gasteiger partial charge < -0.3 is 10.5 Å². The van der Waals surface area contributed by atoms with Crippen molar-refractivity contribution in [2.75, 3.05) is 33.9 Å². The molecule has 3 heteroatoms. The lowest BCUT2D eigenvalue weighted by Crippen LogP contribution is -2.50. The maximum Gasteiger partial charge on any atom is 0.0480 e. The van der Waals surface area contributed by atoms with E-state index in [1.165, 1.54) is 12.8 Å². The minimum Gasteiger partial charge on any atom is -0.385 e. The van der Waals surface area contributed by atoms with E-state index in [2.05, 4.69) is 25.8 Å². The summed E-state index contributed by atoms with van der Waals surface area (Å²) in [6, 6.07) is 0. The van der Waals surface area contributed by atoms with E-state index in [0.717, 1.165) is 19.6 Å². The van der Waals surface area contributed by atoms with E-state index in [1.54, 1.807) is 7.11 Å². The molecule has 0 bridgehead atoms. The van der Waals surface area contributed by atoms with Gasteiger partial charge in [-0.15, -0.1) is 0 Å². The summed E-state index contributed by atoms with van der Waals surface area (Å²) in [6.07, 6.45) is 3.47. The van der Waals surface area contributed by atoms with Crippen molar-refractivity contribution in [2.45, 2.75) is 38.6 Å². The van der Waals surface area contributed by atoms with Gasteiger partial charge in [-0.2, -0.15) is 0 Å². The zero-order valence-electron chi connectivity index (χ0n) is 10.2. The second-order valence-electron chi connectivity index (χ2n) is 4.22. The first-order chi connectivity index (χ1) is 6.60. The number of likely N-dealkylation sites (N-methyl/N-ethyl adjacent to an activating group) is 1. The number of hydrogen-bond acceptors (Lipinski definition) is 3. The first kappa shape index (κ1) is 13.9. The number of hydrogen-bond donors (Lipinski definition) is 1. The number of rotatable bonds is 8. The number of unbranched alkanes of at least 4 members (excludes halogenated alkanes) is 1. The third-order valence-electron chi connectivity index (χ3n) is 3.05. The highest BCUT2D eigenvalue weighted by Crippen LogP contribution is 2.17. The van der Waals surface area contributed by atoms with Crippen LogP contribution in [0.2, 0.25) is 0 Å².